The molecule has 1 N–H and O–H groups in total. The van der Waals surface area contributed by atoms with Crippen LogP contribution in [-0.2, 0) is 6.42 Å². The standard InChI is InChI=1S/C10H11IO/c11-9-3-4-10(12)8(6-9)5-7-1-2-7/h3-4,6-7,12H,1-2,5H2. The Hall–Kier alpha value is -0.250. The van der Waals surface area contributed by atoms with Gasteiger partial charge < -0.3 is 5.11 Å². The van der Waals surface area contributed by atoms with E-state index in [4.69, 9.17) is 0 Å². The number of hydrogen-bond donors (Lipinski definition) is 1. The van der Waals surface area contributed by atoms with Crippen LogP contribution in [0.5, 0.6) is 5.75 Å². The average Bonchev–Trinajstić information content (AvgIpc) is 2.81. The summed E-state index contributed by atoms with van der Waals surface area (Å²) >= 11 is 2.28. The third-order valence-electron chi connectivity index (χ3n) is 2.25. The summed E-state index contributed by atoms with van der Waals surface area (Å²) in [4.78, 5) is 0. The summed E-state index contributed by atoms with van der Waals surface area (Å²) in [6, 6.07) is 5.81. The lowest BCUT2D eigenvalue weighted by molar-refractivity contribution is 0.466. The van der Waals surface area contributed by atoms with Crippen molar-refractivity contribution in [1.29, 1.82) is 0 Å². The summed E-state index contributed by atoms with van der Waals surface area (Å²) in [6.45, 7) is 0. The van der Waals surface area contributed by atoms with E-state index in [0.29, 0.717) is 5.75 Å². The Balaban J connectivity index is 2.21. The highest BCUT2D eigenvalue weighted by molar-refractivity contribution is 14.1. The third kappa shape index (κ3) is 1.91. The highest BCUT2D eigenvalue weighted by atomic mass is 127. The molecular weight excluding hydrogens is 263 g/mol. The van der Waals surface area contributed by atoms with Gasteiger partial charge in [-0.2, -0.15) is 0 Å². The molecular formula is C10H11IO. The summed E-state index contributed by atoms with van der Waals surface area (Å²) in [5.74, 6) is 1.30. The van der Waals surface area contributed by atoms with Crippen molar-refractivity contribution in [3.63, 3.8) is 0 Å². The molecule has 0 atom stereocenters. The van der Waals surface area contributed by atoms with Crippen molar-refractivity contribution in [2.24, 2.45) is 5.92 Å². The summed E-state index contributed by atoms with van der Waals surface area (Å²) in [5.41, 5.74) is 1.12. The lowest BCUT2D eigenvalue weighted by Crippen LogP contribution is -1.88. The first-order valence-corrected chi connectivity index (χ1v) is 5.31. The van der Waals surface area contributed by atoms with Crippen LogP contribution in [0, 0.1) is 9.49 Å². The molecule has 0 bridgehead atoms. The molecule has 0 aliphatic heterocycles. The van der Waals surface area contributed by atoms with E-state index in [-0.39, 0.29) is 0 Å². The fourth-order valence-electron chi connectivity index (χ4n) is 1.35. The van der Waals surface area contributed by atoms with Gasteiger partial charge in [-0.3, -0.25) is 0 Å². The van der Waals surface area contributed by atoms with Crippen LogP contribution in [0.25, 0.3) is 0 Å². The zero-order valence-corrected chi connectivity index (χ0v) is 8.91. The fraction of sp³-hybridized carbons (Fsp3) is 0.400. The van der Waals surface area contributed by atoms with E-state index in [1.807, 2.05) is 6.07 Å². The van der Waals surface area contributed by atoms with Crippen LogP contribution < -0.4 is 0 Å². The number of aromatic hydroxyl groups is 1. The molecule has 1 aromatic carbocycles. The monoisotopic (exact) mass is 274 g/mol. The molecule has 0 aromatic heterocycles. The van der Waals surface area contributed by atoms with Crippen LogP contribution in [0.1, 0.15) is 18.4 Å². The van der Waals surface area contributed by atoms with Gasteiger partial charge in [-0.15, -0.1) is 0 Å². The zero-order valence-electron chi connectivity index (χ0n) is 6.76. The molecule has 1 saturated carbocycles. The second-order valence-electron chi connectivity index (χ2n) is 3.42. The van der Waals surface area contributed by atoms with Crippen LogP contribution in [-0.4, -0.2) is 5.11 Å². The van der Waals surface area contributed by atoms with E-state index in [1.165, 1.54) is 16.4 Å². The molecule has 0 saturated heterocycles. The summed E-state index contributed by atoms with van der Waals surface area (Å²) in [7, 11) is 0. The first-order valence-electron chi connectivity index (χ1n) is 4.23. The van der Waals surface area contributed by atoms with Gasteiger partial charge in [0.1, 0.15) is 5.75 Å². The molecule has 1 nitrogen and oxygen atoms in total. The van der Waals surface area contributed by atoms with E-state index < -0.39 is 0 Å². The topological polar surface area (TPSA) is 20.2 Å². The fourth-order valence-corrected chi connectivity index (χ4v) is 1.91. The molecule has 1 aromatic rings. The minimum atomic E-state index is 0.460. The molecule has 0 unspecified atom stereocenters. The lowest BCUT2D eigenvalue weighted by Gasteiger charge is -2.03. The number of hydrogen-bond acceptors (Lipinski definition) is 1. The number of benzene rings is 1. The highest BCUT2D eigenvalue weighted by Gasteiger charge is 2.22. The number of phenolic OH excluding ortho intramolecular Hbond substituents is 1. The Bertz CT molecular complexity index is 292. The van der Waals surface area contributed by atoms with E-state index in [1.54, 1.807) is 6.07 Å². The molecule has 2 rings (SSSR count). The molecule has 1 fully saturated rings. The quantitative estimate of drug-likeness (QED) is 0.822. The molecule has 0 radical (unpaired) electrons. The van der Waals surface area contributed by atoms with Crippen molar-refractivity contribution in [3.05, 3.63) is 27.3 Å². The van der Waals surface area contributed by atoms with E-state index in [2.05, 4.69) is 28.7 Å². The van der Waals surface area contributed by atoms with Gasteiger partial charge in [-0.05, 0) is 71.5 Å². The SMILES string of the molecule is Oc1ccc(I)cc1CC1CC1. The Morgan fingerprint density at radius 2 is 2.17 bits per heavy atom. The van der Waals surface area contributed by atoms with Gasteiger partial charge in [-0.1, -0.05) is 0 Å². The number of halogens is 1. The molecule has 2 heteroatoms. The molecule has 1 aliphatic rings. The minimum Gasteiger partial charge on any atom is -0.508 e. The lowest BCUT2D eigenvalue weighted by atomic mass is 10.1. The smallest absolute Gasteiger partial charge is 0.118 e. The van der Waals surface area contributed by atoms with Gasteiger partial charge in [0, 0.05) is 3.57 Å². The van der Waals surface area contributed by atoms with Gasteiger partial charge in [0.05, 0.1) is 0 Å². The van der Waals surface area contributed by atoms with Crippen molar-refractivity contribution in [2.45, 2.75) is 19.3 Å². The van der Waals surface area contributed by atoms with Crippen LogP contribution in [0.15, 0.2) is 18.2 Å². The number of rotatable bonds is 2. The first-order chi connectivity index (χ1) is 5.75. The van der Waals surface area contributed by atoms with E-state index in [9.17, 15) is 5.11 Å². The summed E-state index contributed by atoms with van der Waals surface area (Å²) < 4.78 is 1.21. The van der Waals surface area contributed by atoms with Crippen molar-refractivity contribution >= 4 is 22.6 Å². The maximum absolute atomic E-state index is 9.51. The van der Waals surface area contributed by atoms with E-state index in [0.717, 1.165) is 17.9 Å². The maximum Gasteiger partial charge on any atom is 0.118 e. The second-order valence-corrected chi connectivity index (χ2v) is 4.67. The largest absolute Gasteiger partial charge is 0.508 e. The van der Waals surface area contributed by atoms with Gasteiger partial charge in [0.15, 0.2) is 0 Å². The highest BCUT2D eigenvalue weighted by Crippen LogP contribution is 2.35. The first kappa shape index (κ1) is 8.35. The van der Waals surface area contributed by atoms with Crippen LogP contribution in [0.3, 0.4) is 0 Å². The van der Waals surface area contributed by atoms with Gasteiger partial charge in [0.25, 0.3) is 0 Å². The van der Waals surface area contributed by atoms with Crippen molar-refractivity contribution in [2.75, 3.05) is 0 Å². The Labute approximate surface area is 85.9 Å². The molecule has 1 aliphatic carbocycles. The van der Waals surface area contributed by atoms with Crippen LogP contribution in [0.2, 0.25) is 0 Å². The molecule has 64 valence electrons. The summed E-state index contributed by atoms with van der Waals surface area (Å²) in [6.07, 6.45) is 3.73. The molecule has 0 amide bonds. The average molecular weight is 274 g/mol. The van der Waals surface area contributed by atoms with Gasteiger partial charge in [0.2, 0.25) is 0 Å². The molecule has 0 spiro atoms. The zero-order chi connectivity index (χ0) is 8.55. The summed E-state index contributed by atoms with van der Waals surface area (Å²) in [5, 5.41) is 9.51. The Morgan fingerprint density at radius 3 is 2.83 bits per heavy atom. The van der Waals surface area contributed by atoms with Crippen molar-refractivity contribution in [1.82, 2.24) is 0 Å². The van der Waals surface area contributed by atoms with E-state index >= 15 is 0 Å². The Morgan fingerprint density at radius 1 is 1.42 bits per heavy atom. The Kier molecular flexibility index (Phi) is 2.26. The van der Waals surface area contributed by atoms with Crippen LogP contribution in [0.4, 0.5) is 0 Å². The van der Waals surface area contributed by atoms with Crippen molar-refractivity contribution < 1.29 is 5.11 Å². The number of phenols is 1. The third-order valence-corrected chi connectivity index (χ3v) is 2.92. The predicted octanol–water partition coefficient (Wildman–Crippen LogP) is 2.95. The van der Waals surface area contributed by atoms with Gasteiger partial charge >= 0.3 is 0 Å². The van der Waals surface area contributed by atoms with Crippen molar-refractivity contribution in [3.8, 4) is 5.75 Å². The van der Waals surface area contributed by atoms with Crippen LogP contribution >= 0.6 is 22.6 Å². The normalized spacial score (nSPS) is 16.4. The minimum absolute atomic E-state index is 0.460. The molecule has 0 heterocycles. The molecule has 12 heavy (non-hydrogen) atoms. The maximum atomic E-state index is 9.51. The van der Waals surface area contributed by atoms with Gasteiger partial charge in [-0.25, -0.2) is 0 Å². The predicted molar refractivity (Wildman–Crippen MR) is 57.3 cm³/mol. The second kappa shape index (κ2) is 3.24.